The van der Waals surface area contributed by atoms with Crippen LogP contribution in [-0.2, 0) is 10.0 Å². The lowest BCUT2D eigenvalue weighted by Crippen LogP contribution is -2.47. The molecule has 0 saturated carbocycles. The minimum Gasteiger partial charge on any atom is -0.506 e. The molecule has 0 radical (unpaired) electrons. The van der Waals surface area contributed by atoms with Crippen molar-refractivity contribution in [3.05, 3.63) is 18.2 Å². The van der Waals surface area contributed by atoms with Crippen molar-refractivity contribution in [1.82, 2.24) is 9.21 Å². The Labute approximate surface area is 107 Å². The first-order chi connectivity index (χ1) is 8.43. The summed E-state index contributed by atoms with van der Waals surface area (Å²) in [6, 6.07) is 4.27. The second-order valence-electron chi connectivity index (χ2n) is 4.40. The van der Waals surface area contributed by atoms with Gasteiger partial charge in [-0.05, 0) is 19.2 Å². The molecule has 0 aromatic heterocycles. The number of phenols is 1. The number of nitrogen functional groups attached to an aromatic ring is 1. The number of nitrogens with two attached hydrogens (primary N) is 1. The van der Waals surface area contributed by atoms with Crippen LogP contribution in [-0.4, -0.2) is 56.0 Å². The highest BCUT2D eigenvalue weighted by molar-refractivity contribution is 7.89. The molecular formula is C11H17N3O3S. The molecule has 100 valence electrons. The number of piperazine rings is 1. The number of rotatable bonds is 2. The van der Waals surface area contributed by atoms with Crippen LogP contribution in [0.4, 0.5) is 5.69 Å². The molecular weight excluding hydrogens is 254 g/mol. The van der Waals surface area contributed by atoms with Crippen molar-refractivity contribution in [2.75, 3.05) is 39.0 Å². The lowest BCUT2D eigenvalue weighted by Gasteiger charge is -2.31. The number of nitrogens with zero attached hydrogens (tertiary/aromatic N) is 2. The molecule has 18 heavy (non-hydrogen) atoms. The molecule has 0 aliphatic carbocycles. The zero-order valence-corrected chi connectivity index (χ0v) is 11.0. The monoisotopic (exact) mass is 271 g/mol. The fourth-order valence-corrected chi connectivity index (χ4v) is 3.48. The van der Waals surface area contributed by atoms with Gasteiger partial charge in [-0.15, -0.1) is 0 Å². The maximum atomic E-state index is 12.4. The van der Waals surface area contributed by atoms with Gasteiger partial charge in [0.25, 0.3) is 0 Å². The molecule has 7 heteroatoms. The molecule has 0 atom stereocenters. The van der Waals surface area contributed by atoms with E-state index in [2.05, 4.69) is 4.90 Å². The van der Waals surface area contributed by atoms with E-state index >= 15 is 0 Å². The standard InChI is InChI=1S/C11H17N3O3S/c1-13-5-7-14(8-6-13)18(16,17)10-4-2-3-9(15)11(10)12/h2-4,15H,5-8,12H2,1H3. The Morgan fingerprint density at radius 2 is 1.83 bits per heavy atom. The maximum Gasteiger partial charge on any atom is 0.245 e. The number of hydrogen-bond acceptors (Lipinski definition) is 5. The first kappa shape index (κ1) is 13.1. The number of benzene rings is 1. The average molecular weight is 271 g/mol. The van der Waals surface area contributed by atoms with Gasteiger partial charge >= 0.3 is 0 Å². The van der Waals surface area contributed by atoms with Gasteiger partial charge < -0.3 is 15.7 Å². The second kappa shape index (κ2) is 4.75. The molecule has 0 bridgehead atoms. The van der Waals surface area contributed by atoms with Gasteiger partial charge in [-0.1, -0.05) is 6.07 Å². The number of aromatic hydroxyl groups is 1. The Balaban J connectivity index is 2.34. The average Bonchev–Trinajstić information content (AvgIpc) is 2.33. The Hall–Kier alpha value is -1.31. The molecule has 6 nitrogen and oxygen atoms in total. The summed E-state index contributed by atoms with van der Waals surface area (Å²) in [6.07, 6.45) is 0. The van der Waals surface area contributed by atoms with E-state index in [0.29, 0.717) is 26.2 Å². The van der Waals surface area contributed by atoms with Crippen LogP contribution in [0, 0.1) is 0 Å². The van der Waals surface area contributed by atoms with Gasteiger partial charge in [-0.3, -0.25) is 0 Å². The summed E-state index contributed by atoms with van der Waals surface area (Å²) in [7, 11) is -1.67. The molecule has 1 aliphatic rings. The van der Waals surface area contributed by atoms with Gasteiger partial charge in [-0.2, -0.15) is 4.31 Å². The molecule has 0 unspecified atom stereocenters. The van der Waals surface area contributed by atoms with Crippen molar-refractivity contribution in [3.63, 3.8) is 0 Å². The molecule has 1 fully saturated rings. The van der Waals surface area contributed by atoms with Gasteiger partial charge in [0.2, 0.25) is 10.0 Å². The third-order valence-corrected chi connectivity index (χ3v) is 5.08. The highest BCUT2D eigenvalue weighted by Crippen LogP contribution is 2.29. The molecule has 1 heterocycles. The number of hydrogen-bond donors (Lipinski definition) is 2. The molecule has 3 N–H and O–H groups in total. The Morgan fingerprint density at radius 1 is 1.22 bits per heavy atom. The van der Waals surface area contributed by atoms with E-state index in [1.54, 1.807) is 0 Å². The summed E-state index contributed by atoms with van der Waals surface area (Å²) in [5.41, 5.74) is 5.55. The van der Waals surface area contributed by atoms with Crippen molar-refractivity contribution >= 4 is 15.7 Å². The quantitative estimate of drug-likeness (QED) is 0.580. The lowest BCUT2D eigenvalue weighted by atomic mass is 10.3. The zero-order valence-electron chi connectivity index (χ0n) is 10.2. The van der Waals surface area contributed by atoms with Gasteiger partial charge in [-0.25, -0.2) is 8.42 Å². The Kier molecular flexibility index (Phi) is 3.47. The summed E-state index contributed by atoms with van der Waals surface area (Å²) >= 11 is 0. The summed E-state index contributed by atoms with van der Waals surface area (Å²) < 4.78 is 26.2. The van der Waals surface area contributed by atoms with E-state index in [1.807, 2.05) is 7.05 Å². The number of likely N-dealkylation sites (N-methyl/N-ethyl adjacent to an activating group) is 1. The van der Waals surface area contributed by atoms with Crippen LogP contribution in [0.15, 0.2) is 23.1 Å². The number of para-hydroxylation sites is 1. The zero-order chi connectivity index (χ0) is 13.3. The van der Waals surface area contributed by atoms with Crippen LogP contribution in [0.5, 0.6) is 5.75 Å². The predicted octanol–water partition coefficient (Wildman–Crippen LogP) is -0.0895. The second-order valence-corrected chi connectivity index (χ2v) is 6.30. The first-order valence-electron chi connectivity index (χ1n) is 5.69. The van der Waals surface area contributed by atoms with Crippen LogP contribution < -0.4 is 5.73 Å². The van der Waals surface area contributed by atoms with Crippen LogP contribution in [0.3, 0.4) is 0 Å². The SMILES string of the molecule is CN1CCN(S(=O)(=O)c2cccc(O)c2N)CC1. The highest BCUT2D eigenvalue weighted by atomic mass is 32.2. The van der Waals surface area contributed by atoms with E-state index in [9.17, 15) is 13.5 Å². The minimum atomic E-state index is -3.62. The summed E-state index contributed by atoms with van der Waals surface area (Å²) in [5.74, 6) is -0.204. The smallest absolute Gasteiger partial charge is 0.245 e. The third-order valence-electron chi connectivity index (χ3n) is 3.12. The van der Waals surface area contributed by atoms with Crippen molar-refractivity contribution < 1.29 is 13.5 Å². The fourth-order valence-electron chi connectivity index (χ4n) is 1.92. The first-order valence-corrected chi connectivity index (χ1v) is 7.13. The van der Waals surface area contributed by atoms with Crippen molar-refractivity contribution in [3.8, 4) is 5.75 Å². The largest absolute Gasteiger partial charge is 0.506 e. The number of sulfonamides is 1. The van der Waals surface area contributed by atoms with Crippen LogP contribution in [0.25, 0.3) is 0 Å². The number of anilines is 1. The predicted molar refractivity (Wildman–Crippen MR) is 68.8 cm³/mol. The molecule has 1 aliphatic heterocycles. The normalized spacial score (nSPS) is 18.9. The van der Waals surface area contributed by atoms with Gasteiger partial charge in [0.1, 0.15) is 10.6 Å². The highest BCUT2D eigenvalue weighted by Gasteiger charge is 2.29. The van der Waals surface area contributed by atoms with Crippen molar-refractivity contribution in [1.29, 1.82) is 0 Å². The molecule has 0 amide bonds. The lowest BCUT2D eigenvalue weighted by molar-refractivity contribution is 0.222. The summed E-state index contributed by atoms with van der Waals surface area (Å²) in [6.45, 7) is 2.26. The van der Waals surface area contributed by atoms with E-state index in [1.165, 1.54) is 22.5 Å². The van der Waals surface area contributed by atoms with Crippen LogP contribution >= 0.6 is 0 Å². The third kappa shape index (κ3) is 2.29. The summed E-state index contributed by atoms with van der Waals surface area (Å²) in [4.78, 5) is 2.05. The molecule has 1 aromatic rings. The van der Waals surface area contributed by atoms with Gasteiger partial charge in [0, 0.05) is 26.2 Å². The van der Waals surface area contributed by atoms with Crippen molar-refractivity contribution in [2.45, 2.75) is 4.90 Å². The topological polar surface area (TPSA) is 86.9 Å². The Morgan fingerprint density at radius 3 is 2.44 bits per heavy atom. The fraction of sp³-hybridized carbons (Fsp3) is 0.455. The molecule has 2 rings (SSSR count). The molecule has 1 saturated heterocycles. The van der Waals surface area contributed by atoms with E-state index in [0.717, 1.165) is 0 Å². The van der Waals surface area contributed by atoms with E-state index in [-0.39, 0.29) is 16.3 Å². The minimum absolute atomic E-state index is 0.0212. The maximum absolute atomic E-state index is 12.4. The Bertz CT molecular complexity index is 536. The summed E-state index contributed by atoms with van der Waals surface area (Å²) in [5, 5.41) is 9.49. The van der Waals surface area contributed by atoms with Crippen molar-refractivity contribution in [2.24, 2.45) is 0 Å². The molecule has 0 spiro atoms. The van der Waals surface area contributed by atoms with Gasteiger partial charge in [0.05, 0.1) is 5.69 Å². The van der Waals surface area contributed by atoms with Crippen LogP contribution in [0.1, 0.15) is 0 Å². The van der Waals surface area contributed by atoms with E-state index in [4.69, 9.17) is 5.73 Å². The van der Waals surface area contributed by atoms with Gasteiger partial charge in [0.15, 0.2) is 0 Å². The van der Waals surface area contributed by atoms with E-state index < -0.39 is 10.0 Å². The number of phenolic OH excluding ortho intramolecular Hbond substituents is 1. The van der Waals surface area contributed by atoms with Crippen LogP contribution in [0.2, 0.25) is 0 Å². The molecule has 1 aromatic carbocycles.